The topological polar surface area (TPSA) is 128 Å². The number of hydrogen-bond donors (Lipinski definition) is 2. The van der Waals surface area contributed by atoms with Crippen LogP contribution in [0.3, 0.4) is 0 Å². The fraction of sp³-hybridized carbons (Fsp3) is 0.333. The molecule has 38 heavy (non-hydrogen) atoms. The van der Waals surface area contributed by atoms with Gasteiger partial charge in [-0.15, -0.1) is 5.10 Å². The summed E-state index contributed by atoms with van der Waals surface area (Å²) >= 11 is 0. The minimum absolute atomic E-state index is 0.122. The number of halogens is 1. The molecule has 3 heterocycles. The van der Waals surface area contributed by atoms with Crippen molar-refractivity contribution in [2.75, 3.05) is 5.32 Å². The smallest absolute Gasteiger partial charge is 0.435 e. The van der Waals surface area contributed by atoms with E-state index in [0.29, 0.717) is 35.1 Å². The zero-order valence-electron chi connectivity index (χ0n) is 21.1. The first-order valence-electron chi connectivity index (χ1n) is 12.2. The molecule has 0 unspecified atom stereocenters. The lowest BCUT2D eigenvalue weighted by Crippen LogP contribution is -2.27. The lowest BCUT2D eigenvalue weighted by molar-refractivity contribution is 0.0519. The number of nitrogens with zero attached hydrogens (tertiary/aromatic N) is 6. The predicted octanol–water partition coefficient (Wildman–Crippen LogP) is 3.93. The third-order valence-corrected chi connectivity index (χ3v) is 5.81. The molecule has 0 bridgehead atoms. The van der Waals surface area contributed by atoms with Gasteiger partial charge in [0.15, 0.2) is 5.82 Å². The zero-order chi connectivity index (χ0) is 26.9. The summed E-state index contributed by atoms with van der Waals surface area (Å²) in [5.41, 5.74) is 1.05. The molecule has 194 valence electrons. The molecule has 0 radical (unpaired) electrons. The van der Waals surface area contributed by atoms with E-state index in [1.165, 1.54) is 6.07 Å². The number of aliphatic hydroxyl groups excluding tert-OH is 1. The molecule has 1 fully saturated rings. The van der Waals surface area contributed by atoms with Crippen LogP contribution in [0.4, 0.5) is 15.1 Å². The normalized spacial score (nSPS) is 17.2. The van der Waals surface area contributed by atoms with Crippen LogP contribution in [0, 0.1) is 17.8 Å². The molecule has 0 saturated heterocycles. The summed E-state index contributed by atoms with van der Waals surface area (Å²) in [6.45, 7) is 5.17. The van der Waals surface area contributed by atoms with Gasteiger partial charge in [-0.3, -0.25) is 0 Å². The molecule has 2 N–H and O–H groups in total. The Kier molecular flexibility index (Phi) is 6.73. The van der Waals surface area contributed by atoms with Crippen molar-refractivity contribution in [2.45, 2.75) is 57.8 Å². The highest BCUT2D eigenvalue weighted by molar-refractivity contribution is 5.89. The summed E-state index contributed by atoms with van der Waals surface area (Å²) < 4.78 is 20.7. The van der Waals surface area contributed by atoms with Crippen LogP contribution in [0.5, 0.6) is 0 Å². The molecular weight excluding hydrogens is 489 g/mol. The molecule has 10 nitrogen and oxygen atoms in total. The van der Waals surface area contributed by atoms with E-state index >= 15 is 0 Å². The number of benzene rings is 1. The van der Waals surface area contributed by atoms with Gasteiger partial charge in [0.05, 0.1) is 17.0 Å². The van der Waals surface area contributed by atoms with Crippen LogP contribution >= 0.6 is 0 Å². The summed E-state index contributed by atoms with van der Waals surface area (Å²) in [6.07, 6.45) is 4.42. The van der Waals surface area contributed by atoms with E-state index in [9.17, 15) is 14.3 Å². The fourth-order valence-corrected chi connectivity index (χ4v) is 4.12. The third kappa shape index (κ3) is 5.76. The number of nitrogens with one attached hydrogen (secondary N) is 1. The van der Waals surface area contributed by atoms with E-state index in [1.54, 1.807) is 57.4 Å². The molecule has 0 amide bonds. The van der Waals surface area contributed by atoms with Crippen molar-refractivity contribution in [2.24, 2.45) is 0 Å². The molecule has 2 atom stereocenters. The maximum absolute atomic E-state index is 14.5. The molecule has 0 spiro atoms. The maximum atomic E-state index is 14.5. The van der Waals surface area contributed by atoms with Crippen molar-refractivity contribution >= 4 is 22.9 Å². The second-order valence-corrected chi connectivity index (χ2v) is 10.0. The van der Waals surface area contributed by atoms with Crippen molar-refractivity contribution in [1.82, 2.24) is 29.7 Å². The fourth-order valence-electron chi connectivity index (χ4n) is 4.12. The van der Waals surface area contributed by atoms with Gasteiger partial charge < -0.3 is 15.2 Å². The van der Waals surface area contributed by atoms with Crippen molar-refractivity contribution in [1.29, 1.82) is 0 Å². The standard InChI is InChI=1S/C27H26FN7O3/c1-27(2,3)38-26(37)35-22-9-5-16(14-20(22)23(28)34-35)4-6-17-10-12-29-24(31-17)21-11-13-30-25(33-21)32-18-7-8-19(36)15-18/h5,9-14,18-19,36H,7-8,15H2,1-3H3,(H,30,32,33)/t18-,19+/m1/s1. The van der Waals surface area contributed by atoms with Gasteiger partial charge in [-0.25, -0.2) is 24.7 Å². The van der Waals surface area contributed by atoms with Crippen LogP contribution < -0.4 is 5.32 Å². The molecule has 5 rings (SSSR count). The van der Waals surface area contributed by atoms with Gasteiger partial charge in [-0.1, -0.05) is 5.92 Å². The second-order valence-electron chi connectivity index (χ2n) is 10.0. The van der Waals surface area contributed by atoms with E-state index in [2.05, 4.69) is 42.2 Å². The van der Waals surface area contributed by atoms with Crippen LogP contribution in [0.15, 0.2) is 42.7 Å². The zero-order valence-corrected chi connectivity index (χ0v) is 21.1. The van der Waals surface area contributed by atoms with Crippen molar-refractivity contribution in [3.63, 3.8) is 0 Å². The van der Waals surface area contributed by atoms with Crippen LogP contribution in [0.1, 0.15) is 51.3 Å². The van der Waals surface area contributed by atoms with E-state index in [4.69, 9.17) is 4.74 Å². The first-order valence-corrected chi connectivity index (χ1v) is 12.2. The summed E-state index contributed by atoms with van der Waals surface area (Å²) in [5.74, 6) is 5.97. The quantitative estimate of drug-likeness (QED) is 0.390. The maximum Gasteiger partial charge on any atom is 0.435 e. The number of anilines is 1. The molecule has 1 aliphatic carbocycles. The number of fused-ring (bicyclic) bond motifs is 1. The first-order chi connectivity index (χ1) is 18.1. The van der Waals surface area contributed by atoms with Gasteiger partial charge >= 0.3 is 6.09 Å². The average molecular weight is 516 g/mol. The number of aromatic nitrogens is 6. The highest BCUT2D eigenvalue weighted by atomic mass is 19.1. The number of hydrogen-bond acceptors (Lipinski definition) is 9. The Bertz CT molecular complexity index is 1570. The number of carbonyl (C=O) groups is 1. The Morgan fingerprint density at radius 2 is 1.95 bits per heavy atom. The van der Waals surface area contributed by atoms with Gasteiger partial charge in [-0.05, 0) is 76.3 Å². The lowest BCUT2D eigenvalue weighted by atomic mass is 10.1. The number of ether oxygens (including phenoxy) is 1. The van der Waals surface area contributed by atoms with E-state index in [-0.39, 0.29) is 23.0 Å². The molecule has 4 aromatic rings. The van der Waals surface area contributed by atoms with Crippen molar-refractivity contribution < 1.29 is 19.0 Å². The average Bonchev–Trinajstić information content (AvgIpc) is 3.44. The van der Waals surface area contributed by atoms with E-state index < -0.39 is 17.6 Å². The molecule has 1 aliphatic rings. The SMILES string of the molecule is CC(C)(C)OC(=O)n1nc(F)c2cc(C#Cc3ccnc(-c4ccnc(N[C@@H]5CC[C@H](O)C5)n4)n3)ccc21. The Hall–Kier alpha value is -4.43. The van der Waals surface area contributed by atoms with Crippen LogP contribution in [-0.4, -0.2) is 58.7 Å². The highest BCUT2D eigenvalue weighted by Crippen LogP contribution is 2.23. The summed E-state index contributed by atoms with van der Waals surface area (Å²) in [5, 5.41) is 16.8. The van der Waals surface area contributed by atoms with Gasteiger partial charge in [-0.2, -0.15) is 9.07 Å². The Morgan fingerprint density at radius 1 is 1.13 bits per heavy atom. The van der Waals surface area contributed by atoms with Crippen LogP contribution in [0.2, 0.25) is 0 Å². The third-order valence-electron chi connectivity index (χ3n) is 5.81. The molecule has 1 aromatic carbocycles. The Labute approximate surface area is 218 Å². The van der Waals surface area contributed by atoms with Gasteiger partial charge in [0.25, 0.3) is 0 Å². The monoisotopic (exact) mass is 515 g/mol. The summed E-state index contributed by atoms with van der Waals surface area (Å²) in [4.78, 5) is 30.0. The molecule has 1 saturated carbocycles. The minimum Gasteiger partial charge on any atom is -0.442 e. The highest BCUT2D eigenvalue weighted by Gasteiger charge is 2.24. The largest absolute Gasteiger partial charge is 0.442 e. The minimum atomic E-state index is -0.792. The van der Waals surface area contributed by atoms with Crippen LogP contribution in [-0.2, 0) is 4.74 Å². The van der Waals surface area contributed by atoms with Crippen molar-refractivity contribution in [3.05, 3.63) is 59.9 Å². The van der Waals surface area contributed by atoms with E-state index in [0.717, 1.165) is 17.5 Å². The lowest BCUT2D eigenvalue weighted by Gasteiger charge is -2.19. The first kappa shape index (κ1) is 25.2. The number of aliphatic hydroxyl groups is 1. The van der Waals surface area contributed by atoms with Gasteiger partial charge in [0.2, 0.25) is 11.9 Å². The number of rotatable bonds is 3. The summed E-state index contributed by atoms with van der Waals surface area (Å²) in [7, 11) is 0. The molecule has 11 heteroatoms. The Balaban J connectivity index is 1.36. The van der Waals surface area contributed by atoms with Gasteiger partial charge in [0, 0.05) is 24.0 Å². The van der Waals surface area contributed by atoms with Gasteiger partial charge in [0.1, 0.15) is 17.0 Å². The van der Waals surface area contributed by atoms with E-state index in [1.807, 2.05) is 0 Å². The Morgan fingerprint density at radius 3 is 2.71 bits per heavy atom. The molecular formula is C27H26FN7O3. The predicted molar refractivity (Wildman–Crippen MR) is 138 cm³/mol. The second kappa shape index (κ2) is 10.1. The van der Waals surface area contributed by atoms with Crippen molar-refractivity contribution in [3.8, 4) is 23.4 Å². The van der Waals surface area contributed by atoms with Crippen LogP contribution in [0.25, 0.3) is 22.4 Å². The molecule has 3 aromatic heterocycles. The molecule has 0 aliphatic heterocycles. The number of carbonyl (C=O) groups excluding carboxylic acids is 1. The summed E-state index contributed by atoms with van der Waals surface area (Å²) in [6, 6.07) is 8.26.